The maximum absolute atomic E-state index is 5.54. The Kier molecular flexibility index (Phi) is 5.43. The average Bonchev–Trinajstić information content (AvgIpc) is 2.80. The third kappa shape index (κ3) is 3.92. The van der Waals surface area contributed by atoms with Crippen LogP contribution in [0.4, 0.5) is 17.1 Å². The molecular formula is C25H22N2O2. The SMILES string of the molecule is COc1ccnc(-c2ccc(OC)cc2N(c2ccccc2)c2ccccc2)c1. The predicted molar refractivity (Wildman–Crippen MR) is 117 cm³/mol. The van der Waals surface area contributed by atoms with Crippen LogP contribution in [-0.2, 0) is 0 Å². The quantitative estimate of drug-likeness (QED) is 0.396. The molecule has 29 heavy (non-hydrogen) atoms. The van der Waals surface area contributed by atoms with E-state index in [1.807, 2.05) is 66.7 Å². The van der Waals surface area contributed by atoms with E-state index >= 15 is 0 Å². The van der Waals surface area contributed by atoms with E-state index in [0.717, 1.165) is 39.8 Å². The van der Waals surface area contributed by atoms with E-state index in [1.54, 1.807) is 20.4 Å². The lowest BCUT2D eigenvalue weighted by Crippen LogP contribution is -2.11. The van der Waals surface area contributed by atoms with Crippen LogP contribution in [0.5, 0.6) is 11.5 Å². The molecule has 4 heteroatoms. The van der Waals surface area contributed by atoms with E-state index in [0.29, 0.717) is 0 Å². The van der Waals surface area contributed by atoms with Crippen LogP contribution in [-0.4, -0.2) is 19.2 Å². The zero-order valence-corrected chi connectivity index (χ0v) is 16.4. The standard InChI is InChI=1S/C25H22N2O2/c1-28-21-13-14-23(24-17-22(29-2)15-16-26-24)25(18-21)27(19-9-5-3-6-10-19)20-11-7-4-8-12-20/h3-18H,1-2H3. The molecule has 0 saturated heterocycles. The molecule has 0 atom stereocenters. The van der Waals surface area contributed by atoms with Crippen LogP contribution in [0.15, 0.2) is 97.2 Å². The minimum Gasteiger partial charge on any atom is -0.497 e. The summed E-state index contributed by atoms with van der Waals surface area (Å²) >= 11 is 0. The highest BCUT2D eigenvalue weighted by atomic mass is 16.5. The van der Waals surface area contributed by atoms with Crippen LogP contribution in [0.3, 0.4) is 0 Å². The summed E-state index contributed by atoms with van der Waals surface area (Å²) in [6.07, 6.45) is 1.76. The summed E-state index contributed by atoms with van der Waals surface area (Å²) in [5.74, 6) is 1.55. The second-order valence-corrected chi connectivity index (χ2v) is 6.47. The van der Waals surface area contributed by atoms with Gasteiger partial charge in [0, 0.05) is 35.3 Å². The zero-order chi connectivity index (χ0) is 20.1. The highest BCUT2D eigenvalue weighted by Crippen LogP contribution is 2.42. The summed E-state index contributed by atoms with van der Waals surface area (Å²) in [4.78, 5) is 6.80. The van der Waals surface area contributed by atoms with Gasteiger partial charge in [-0.3, -0.25) is 4.98 Å². The number of aromatic nitrogens is 1. The van der Waals surface area contributed by atoms with Gasteiger partial charge in [0.25, 0.3) is 0 Å². The molecule has 0 amide bonds. The van der Waals surface area contributed by atoms with Gasteiger partial charge >= 0.3 is 0 Å². The Balaban J connectivity index is 1.96. The van der Waals surface area contributed by atoms with Crippen molar-refractivity contribution in [3.63, 3.8) is 0 Å². The maximum Gasteiger partial charge on any atom is 0.122 e. The van der Waals surface area contributed by atoms with Crippen molar-refractivity contribution in [1.82, 2.24) is 4.98 Å². The molecule has 0 unspecified atom stereocenters. The van der Waals surface area contributed by atoms with Crippen LogP contribution in [0.2, 0.25) is 0 Å². The summed E-state index contributed by atoms with van der Waals surface area (Å²) in [5.41, 5.74) is 4.89. The van der Waals surface area contributed by atoms with Gasteiger partial charge in [-0.25, -0.2) is 0 Å². The molecule has 0 aliphatic heterocycles. The van der Waals surface area contributed by atoms with Gasteiger partial charge in [0.05, 0.1) is 25.6 Å². The highest BCUT2D eigenvalue weighted by Gasteiger charge is 2.18. The van der Waals surface area contributed by atoms with Gasteiger partial charge in [-0.05, 0) is 42.5 Å². The predicted octanol–water partition coefficient (Wildman–Crippen LogP) is 6.24. The van der Waals surface area contributed by atoms with E-state index in [-0.39, 0.29) is 0 Å². The lowest BCUT2D eigenvalue weighted by molar-refractivity contribution is 0.414. The smallest absolute Gasteiger partial charge is 0.122 e. The van der Waals surface area contributed by atoms with Crippen LogP contribution in [0, 0.1) is 0 Å². The van der Waals surface area contributed by atoms with Crippen molar-refractivity contribution in [1.29, 1.82) is 0 Å². The van der Waals surface area contributed by atoms with E-state index < -0.39 is 0 Å². The van der Waals surface area contributed by atoms with Gasteiger partial charge in [-0.15, -0.1) is 0 Å². The van der Waals surface area contributed by atoms with Gasteiger partial charge in [-0.2, -0.15) is 0 Å². The summed E-state index contributed by atoms with van der Waals surface area (Å²) < 4.78 is 11.0. The van der Waals surface area contributed by atoms with Crippen LogP contribution < -0.4 is 14.4 Å². The molecule has 1 heterocycles. The Hall–Kier alpha value is -3.79. The van der Waals surface area contributed by atoms with Crippen molar-refractivity contribution < 1.29 is 9.47 Å². The Morgan fingerprint density at radius 2 is 1.24 bits per heavy atom. The first-order chi connectivity index (χ1) is 14.3. The molecule has 3 aromatic carbocycles. The minimum atomic E-state index is 0.766. The van der Waals surface area contributed by atoms with Crippen LogP contribution in [0.1, 0.15) is 0 Å². The van der Waals surface area contributed by atoms with Crippen molar-refractivity contribution in [3.8, 4) is 22.8 Å². The second kappa shape index (κ2) is 8.48. The molecule has 0 saturated carbocycles. The fourth-order valence-corrected chi connectivity index (χ4v) is 3.31. The molecule has 0 N–H and O–H groups in total. The number of nitrogens with zero attached hydrogens (tertiary/aromatic N) is 2. The molecule has 0 bridgehead atoms. The average molecular weight is 382 g/mol. The molecule has 0 spiro atoms. The summed E-state index contributed by atoms with van der Waals surface area (Å²) in [5, 5.41) is 0. The summed E-state index contributed by atoms with van der Waals surface area (Å²) in [7, 11) is 3.34. The first kappa shape index (κ1) is 18.6. The van der Waals surface area contributed by atoms with Gasteiger partial charge < -0.3 is 14.4 Å². The van der Waals surface area contributed by atoms with Gasteiger partial charge in [-0.1, -0.05) is 36.4 Å². The maximum atomic E-state index is 5.54. The Bertz CT molecular complexity index is 1040. The molecule has 4 nitrogen and oxygen atoms in total. The molecule has 0 fully saturated rings. The molecule has 1 aromatic heterocycles. The molecule has 0 aliphatic carbocycles. The third-order valence-electron chi connectivity index (χ3n) is 4.72. The number of para-hydroxylation sites is 2. The first-order valence-electron chi connectivity index (χ1n) is 9.39. The molecule has 4 aromatic rings. The Morgan fingerprint density at radius 3 is 1.83 bits per heavy atom. The third-order valence-corrected chi connectivity index (χ3v) is 4.72. The fraction of sp³-hybridized carbons (Fsp3) is 0.0800. The highest BCUT2D eigenvalue weighted by molar-refractivity contribution is 5.87. The topological polar surface area (TPSA) is 34.6 Å². The zero-order valence-electron chi connectivity index (χ0n) is 16.4. The number of pyridine rings is 1. The number of ether oxygens (including phenoxy) is 2. The van der Waals surface area contributed by atoms with E-state index in [2.05, 4.69) is 34.1 Å². The number of rotatable bonds is 6. The number of benzene rings is 3. The van der Waals surface area contributed by atoms with Gasteiger partial charge in [0.2, 0.25) is 0 Å². The number of hydrogen-bond donors (Lipinski definition) is 0. The molecule has 144 valence electrons. The summed E-state index contributed by atoms with van der Waals surface area (Å²) in [6, 6.07) is 30.4. The van der Waals surface area contributed by atoms with E-state index in [1.165, 1.54) is 0 Å². The number of methoxy groups -OCH3 is 2. The summed E-state index contributed by atoms with van der Waals surface area (Å²) in [6.45, 7) is 0. The molecular weight excluding hydrogens is 360 g/mol. The van der Waals surface area contributed by atoms with Gasteiger partial charge in [0.15, 0.2) is 0 Å². The van der Waals surface area contributed by atoms with E-state index in [9.17, 15) is 0 Å². The first-order valence-corrected chi connectivity index (χ1v) is 9.39. The van der Waals surface area contributed by atoms with E-state index in [4.69, 9.17) is 9.47 Å². The van der Waals surface area contributed by atoms with Gasteiger partial charge in [0.1, 0.15) is 11.5 Å². The molecule has 0 radical (unpaired) electrons. The van der Waals surface area contributed by atoms with Crippen molar-refractivity contribution in [2.75, 3.05) is 19.1 Å². The van der Waals surface area contributed by atoms with Crippen molar-refractivity contribution in [3.05, 3.63) is 97.2 Å². The Labute approximate surface area is 171 Å². The lowest BCUT2D eigenvalue weighted by Gasteiger charge is -2.28. The minimum absolute atomic E-state index is 0.766. The largest absolute Gasteiger partial charge is 0.497 e. The fourth-order valence-electron chi connectivity index (χ4n) is 3.31. The normalized spacial score (nSPS) is 10.4. The van der Waals surface area contributed by atoms with Crippen molar-refractivity contribution >= 4 is 17.1 Å². The van der Waals surface area contributed by atoms with Crippen LogP contribution in [0.25, 0.3) is 11.3 Å². The van der Waals surface area contributed by atoms with Crippen LogP contribution >= 0.6 is 0 Å². The Morgan fingerprint density at radius 1 is 0.655 bits per heavy atom. The number of anilines is 3. The second-order valence-electron chi connectivity index (χ2n) is 6.47. The van der Waals surface area contributed by atoms with Crippen molar-refractivity contribution in [2.24, 2.45) is 0 Å². The number of hydrogen-bond acceptors (Lipinski definition) is 4. The molecule has 4 rings (SSSR count). The lowest BCUT2D eigenvalue weighted by atomic mass is 10.1. The van der Waals surface area contributed by atoms with Crippen molar-refractivity contribution in [2.45, 2.75) is 0 Å². The molecule has 0 aliphatic rings. The monoisotopic (exact) mass is 382 g/mol.